The van der Waals surface area contributed by atoms with Crippen LogP contribution in [0, 0.1) is 13.8 Å². The van der Waals surface area contributed by atoms with Gasteiger partial charge in [0.2, 0.25) is 0 Å². The van der Waals surface area contributed by atoms with Crippen LogP contribution in [0.5, 0.6) is 0 Å². The van der Waals surface area contributed by atoms with E-state index in [0.29, 0.717) is 16.9 Å². The maximum atomic E-state index is 12.9. The summed E-state index contributed by atoms with van der Waals surface area (Å²) in [5.41, 5.74) is 5.33. The normalized spacial score (nSPS) is 11.5. The highest BCUT2D eigenvalue weighted by Crippen LogP contribution is 2.29. The van der Waals surface area contributed by atoms with Gasteiger partial charge in [0.25, 0.3) is 5.91 Å². The summed E-state index contributed by atoms with van der Waals surface area (Å²) in [6.45, 7) is 8.08. The van der Waals surface area contributed by atoms with Crippen molar-refractivity contribution < 1.29 is 4.79 Å². The van der Waals surface area contributed by atoms with Crippen LogP contribution in [0.15, 0.2) is 71.2 Å². The maximum Gasteiger partial charge on any atom is 0.257 e. The lowest BCUT2D eigenvalue weighted by atomic mass is 10.1. The second kappa shape index (κ2) is 8.47. The second-order valence-electron chi connectivity index (χ2n) is 7.83. The Bertz CT molecular complexity index is 1270. The van der Waals surface area contributed by atoms with Gasteiger partial charge in [-0.15, -0.1) is 5.11 Å². The van der Waals surface area contributed by atoms with Crippen LogP contribution in [0.4, 0.5) is 17.1 Å². The van der Waals surface area contributed by atoms with E-state index in [1.165, 1.54) is 0 Å². The van der Waals surface area contributed by atoms with Crippen molar-refractivity contribution in [1.29, 1.82) is 0 Å². The first-order chi connectivity index (χ1) is 14.9. The second-order valence-corrected chi connectivity index (χ2v) is 7.83. The lowest BCUT2D eigenvalue weighted by Gasteiger charge is -2.09. The van der Waals surface area contributed by atoms with Crippen molar-refractivity contribution >= 4 is 34.0 Å². The highest BCUT2D eigenvalue weighted by molar-refractivity contribution is 6.06. The number of carbonyl (C=O) groups is 1. The van der Waals surface area contributed by atoms with Gasteiger partial charge in [-0.25, -0.2) is 9.67 Å². The van der Waals surface area contributed by atoms with Crippen LogP contribution in [0.3, 0.4) is 0 Å². The zero-order valence-electron chi connectivity index (χ0n) is 18.0. The molecule has 7 heteroatoms. The molecular weight excluding hydrogens is 388 g/mol. The Balaban J connectivity index is 1.59. The minimum Gasteiger partial charge on any atom is -0.320 e. The largest absolute Gasteiger partial charge is 0.320 e. The van der Waals surface area contributed by atoms with Gasteiger partial charge < -0.3 is 5.32 Å². The summed E-state index contributed by atoms with van der Waals surface area (Å²) < 4.78 is 1.83. The molecule has 0 atom stereocenters. The van der Waals surface area contributed by atoms with Gasteiger partial charge in [0.05, 0.1) is 23.1 Å². The van der Waals surface area contributed by atoms with E-state index in [0.717, 1.165) is 27.8 Å². The number of rotatable bonds is 5. The minimum absolute atomic E-state index is 0.193. The van der Waals surface area contributed by atoms with Gasteiger partial charge in [0.1, 0.15) is 5.69 Å². The van der Waals surface area contributed by atoms with Crippen LogP contribution in [0.1, 0.15) is 41.4 Å². The Morgan fingerprint density at radius 2 is 1.71 bits per heavy atom. The molecule has 4 rings (SSSR count). The summed E-state index contributed by atoms with van der Waals surface area (Å²) >= 11 is 0. The molecule has 0 aliphatic rings. The van der Waals surface area contributed by atoms with E-state index < -0.39 is 0 Å². The number of fused-ring (bicyclic) bond motifs is 1. The molecule has 2 aromatic heterocycles. The van der Waals surface area contributed by atoms with Gasteiger partial charge in [0, 0.05) is 17.6 Å². The predicted molar refractivity (Wildman–Crippen MR) is 122 cm³/mol. The lowest BCUT2D eigenvalue weighted by Crippen LogP contribution is -2.12. The summed E-state index contributed by atoms with van der Waals surface area (Å²) in [6, 6.07) is 15.4. The molecular formula is C24H24N6O. The standard InChI is InChI=1S/C24H24N6O/c1-15(2)30-23-18(14-26-30)12-19(13-25-23)24(31)27-21-10-7-17(4)11-22(21)29-28-20-8-5-16(3)6-9-20/h5-15H,1-4H3,(H,27,31). The predicted octanol–water partition coefficient (Wildman–Crippen LogP) is 6.30. The molecule has 2 aromatic carbocycles. The molecule has 0 radical (unpaired) electrons. The molecule has 0 unspecified atom stereocenters. The summed E-state index contributed by atoms with van der Waals surface area (Å²) in [5.74, 6) is -0.262. The Labute approximate surface area is 180 Å². The van der Waals surface area contributed by atoms with Crippen molar-refractivity contribution in [2.45, 2.75) is 33.7 Å². The summed E-state index contributed by atoms with van der Waals surface area (Å²) in [5, 5.41) is 16.8. The quantitative estimate of drug-likeness (QED) is 0.391. The van der Waals surface area contributed by atoms with Crippen LogP contribution in [-0.4, -0.2) is 20.7 Å². The van der Waals surface area contributed by atoms with Crippen LogP contribution in [0.25, 0.3) is 11.0 Å². The number of benzene rings is 2. The van der Waals surface area contributed by atoms with Crippen molar-refractivity contribution in [1.82, 2.24) is 14.8 Å². The SMILES string of the molecule is Cc1ccc(N=Nc2cc(C)ccc2NC(=O)c2cnc3c(cnn3C(C)C)c2)cc1. The fourth-order valence-electron chi connectivity index (χ4n) is 3.19. The molecule has 7 nitrogen and oxygen atoms in total. The molecule has 156 valence electrons. The molecule has 31 heavy (non-hydrogen) atoms. The number of aromatic nitrogens is 3. The zero-order valence-corrected chi connectivity index (χ0v) is 18.0. The van der Waals surface area contributed by atoms with Gasteiger partial charge in [-0.2, -0.15) is 10.2 Å². The number of aryl methyl sites for hydroxylation is 2. The lowest BCUT2D eigenvalue weighted by molar-refractivity contribution is 0.102. The summed E-state index contributed by atoms with van der Waals surface area (Å²) in [7, 11) is 0. The van der Waals surface area contributed by atoms with Crippen LogP contribution in [0.2, 0.25) is 0 Å². The van der Waals surface area contributed by atoms with Crippen molar-refractivity contribution in [3.63, 3.8) is 0 Å². The molecule has 0 fully saturated rings. The molecule has 0 saturated carbocycles. The molecule has 0 spiro atoms. The van der Waals surface area contributed by atoms with E-state index in [-0.39, 0.29) is 11.9 Å². The minimum atomic E-state index is -0.262. The average Bonchev–Trinajstić information content (AvgIpc) is 3.18. The molecule has 2 heterocycles. The number of anilines is 1. The van der Waals surface area contributed by atoms with Crippen LogP contribution >= 0.6 is 0 Å². The molecule has 0 bridgehead atoms. The number of amides is 1. The first-order valence-electron chi connectivity index (χ1n) is 10.1. The van der Waals surface area contributed by atoms with E-state index in [1.807, 2.05) is 74.8 Å². The molecule has 1 amide bonds. The van der Waals surface area contributed by atoms with Gasteiger partial charge in [-0.3, -0.25) is 4.79 Å². The smallest absolute Gasteiger partial charge is 0.257 e. The Kier molecular flexibility index (Phi) is 5.58. The zero-order chi connectivity index (χ0) is 22.0. The third-order valence-corrected chi connectivity index (χ3v) is 4.89. The number of hydrogen-bond donors (Lipinski definition) is 1. The molecule has 4 aromatic rings. The highest BCUT2D eigenvalue weighted by Gasteiger charge is 2.13. The number of azo groups is 1. The first kappa shape index (κ1) is 20.4. The number of nitrogens with one attached hydrogen (secondary N) is 1. The first-order valence-corrected chi connectivity index (χ1v) is 10.1. The topological polar surface area (TPSA) is 84.5 Å². The summed E-state index contributed by atoms with van der Waals surface area (Å²) in [6.07, 6.45) is 3.30. The monoisotopic (exact) mass is 412 g/mol. The number of nitrogens with zero attached hydrogens (tertiary/aromatic N) is 5. The Morgan fingerprint density at radius 1 is 0.968 bits per heavy atom. The summed E-state index contributed by atoms with van der Waals surface area (Å²) in [4.78, 5) is 17.3. The van der Waals surface area contributed by atoms with Gasteiger partial charge in [-0.05, 0) is 63.6 Å². The number of hydrogen-bond acceptors (Lipinski definition) is 5. The maximum absolute atomic E-state index is 12.9. The third kappa shape index (κ3) is 4.50. The Morgan fingerprint density at radius 3 is 2.45 bits per heavy atom. The molecule has 1 N–H and O–H groups in total. The fourth-order valence-corrected chi connectivity index (χ4v) is 3.19. The van der Waals surface area contributed by atoms with Crippen LogP contribution in [-0.2, 0) is 0 Å². The van der Waals surface area contributed by atoms with E-state index in [1.54, 1.807) is 18.5 Å². The number of pyridine rings is 1. The molecule has 0 saturated heterocycles. The Hall–Kier alpha value is -3.87. The highest BCUT2D eigenvalue weighted by atomic mass is 16.1. The van der Waals surface area contributed by atoms with Crippen molar-refractivity contribution in [2.75, 3.05) is 5.32 Å². The van der Waals surface area contributed by atoms with Crippen molar-refractivity contribution in [3.8, 4) is 0 Å². The van der Waals surface area contributed by atoms with Crippen LogP contribution < -0.4 is 5.32 Å². The van der Waals surface area contributed by atoms with E-state index in [4.69, 9.17) is 0 Å². The van der Waals surface area contributed by atoms with Gasteiger partial charge in [0.15, 0.2) is 5.65 Å². The van der Waals surface area contributed by atoms with Crippen molar-refractivity contribution in [2.24, 2.45) is 10.2 Å². The average molecular weight is 412 g/mol. The van der Waals surface area contributed by atoms with E-state index in [9.17, 15) is 4.79 Å². The number of carbonyl (C=O) groups excluding carboxylic acids is 1. The fraction of sp³-hybridized carbons (Fsp3) is 0.208. The van der Waals surface area contributed by atoms with Gasteiger partial charge in [-0.1, -0.05) is 23.8 Å². The van der Waals surface area contributed by atoms with Crippen molar-refractivity contribution in [3.05, 3.63) is 77.6 Å². The molecule has 0 aliphatic heterocycles. The van der Waals surface area contributed by atoms with E-state index in [2.05, 4.69) is 25.6 Å². The van der Waals surface area contributed by atoms with Gasteiger partial charge >= 0.3 is 0 Å². The third-order valence-electron chi connectivity index (χ3n) is 4.89. The molecule has 0 aliphatic carbocycles. The van der Waals surface area contributed by atoms with E-state index >= 15 is 0 Å².